The van der Waals surface area contributed by atoms with Gasteiger partial charge in [0.1, 0.15) is 5.82 Å². The van der Waals surface area contributed by atoms with Crippen molar-refractivity contribution in [2.24, 2.45) is 7.05 Å². The summed E-state index contributed by atoms with van der Waals surface area (Å²) >= 11 is 0. The molecule has 0 unspecified atom stereocenters. The van der Waals surface area contributed by atoms with E-state index in [-0.39, 0.29) is 34.6 Å². The maximum Gasteiger partial charge on any atom is 0.368 e. The van der Waals surface area contributed by atoms with Crippen LogP contribution >= 0.6 is 0 Å². The fraction of sp³-hybridized carbons (Fsp3) is 0.476. The molecule has 0 spiro atoms. The van der Waals surface area contributed by atoms with Gasteiger partial charge in [-0.1, -0.05) is 0 Å². The molecule has 33 heavy (non-hydrogen) atoms. The van der Waals surface area contributed by atoms with Crippen molar-refractivity contribution < 1.29 is 8.78 Å². The van der Waals surface area contributed by atoms with Gasteiger partial charge < -0.3 is 16.0 Å². The molecular weight excluding hydrogens is 432 g/mol. The second-order valence-corrected chi connectivity index (χ2v) is 9.62. The van der Waals surface area contributed by atoms with Gasteiger partial charge in [0.2, 0.25) is 5.95 Å². The molecule has 3 N–H and O–H groups in total. The van der Waals surface area contributed by atoms with Crippen LogP contribution in [0.5, 0.6) is 0 Å². The second-order valence-electron chi connectivity index (χ2n) is 9.62. The van der Waals surface area contributed by atoms with Gasteiger partial charge in [0, 0.05) is 24.2 Å². The second kappa shape index (κ2) is 8.18. The van der Waals surface area contributed by atoms with E-state index in [4.69, 9.17) is 0 Å². The van der Waals surface area contributed by atoms with Gasteiger partial charge in [0.05, 0.1) is 17.6 Å². The van der Waals surface area contributed by atoms with Crippen molar-refractivity contribution >= 4 is 17.5 Å². The number of nitrogens with one attached hydrogen (secondary N) is 3. The third-order valence-electron chi connectivity index (χ3n) is 5.44. The molecule has 0 saturated carbocycles. The summed E-state index contributed by atoms with van der Waals surface area (Å²) in [7, 11) is 1.46. The van der Waals surface area contributed by atoms with Gasteiger partial charge in [-0.05, 0) is 69.2 Å². The molecule has 1 aliphatic rings. The summed E-state index contributed by atoms with van der Waals surface area (Å²) in [6, 6.07) is 3.94. The molecule has 0 bridgehead atoms. The fourth-order valence-corrected chi connectivity index (χ4v) is 4.48. The van der Waals surface area contributed by atoms with Crippen LogP contribution in [0.1, 0.15) is 40.5 Å². The molecule has 1 saturated heterocycles. The van der Waals surface area contributed by atoms with Crippen molar-refractivity contribution in [3.63, 3.8) is 0 Å². The summed E-state index contributed by atoms with van der Waals surface area (Å²) in [5.41, 5.74) is -0.439. The van der Waals surface area contributed by atoms with Crippen LogP contribution in [0.4, 0.5) is 26.2 Å². The number of piperidine rings is 1. The first-order valence-corrected chi connectivity index (χ1v) is 10.6. The van der Waals surface area contributed by atoms with Crippen molar-refractivity contribution in [2.75, 3.05) is 10.6 Å². The molecule has 0 aliphatic carbocycles. The molecule has 0 amide bonds. The summed E-state index contributed by atoms with van der Waals surface area (Å²) in [4.78, 5) is 20.3. The molecule has 0 atom stereocenters. The van der Waals surface area contributed by atoms with E-state index >= 15 is 0 Å². The Balaban J connectivity index is 1.58. The minimum absolute atomic E-state index is 0.00624. The largest absolute Gasteiger partial charge is 0.368 e. The Morgan fingerprint density at radius 2 is 1.79 bits per heavy atom. The maximum absolute atomic E-state index is 14.5. The number of aromatic nitrogens is 6. The van der Waals surface area contributed by atoms with Crippen LogP contribution in [-0.4, -0.2) is 46.9 Å². The third-order valence-corrected chi connectivity index (χ3v) is 5.44. The molecule has 176 valence electrons. The highest BCUT2D eigenvalue weighted by molar-refractivity contribution is 5.59. The Labute approximate surface area is 189 Å². The van der Waals surface area contributed by atoms with Crippen LogP contribution in [0.15, 0.2) is 29.2 Å². The van der Waals surface area contributed by atoms with Crippen LogP contribution in [0, 0.1) is 11.6 Å². The number of anilines is 3. The number of hydrogen-bond acceptors (Lipinski definition) is 8. The lowest BCUT2D eigenvalue weighted by Gasteiger charge is -2.46. The van der Waals surface area contributed by atoms with Gasteiger partial charge in [0.25, 0.3) is 0 Å². The first-order chi connectivity index (χ1) is 15.4. The molecule has 3 heterocycles. The first-order valence-electron chi connectivity index (χ1n) is 10.6. The highest BCUT2D eigenvalue weighted by Gasteiger charge is 2.38. The van der Waals surface area contributed by atoms with Crippen molar-refractivity contribution in [2.45, 2.75) is 57.7 Å². The van der Waals surface area contributed by atoms with Gasteiger partial charge in [-0.15, -0.1) is 0 Å². The van der Waals surface area contributed by atoms with Gasteiger partial charge in [0.15, 0.2) is 11.6 Å². The van der Waals surface area contributed by atoms with E-state index in [9.17, 15) is 13.6 Å². The Hall–Kier alpha value is -3.41. The predicted molar refractivity (Wildman–Crippen MR) is 120 cm³/mol. The lowest BCUT2D eigenvalue weighted by atomic mass is 9.79. The smallest absolute Gasteiger partial charge is 0.365 e. The number of nitrogens with zero attached hydrogens (tertiary/aromatic N) is 6. The first kappa shape index (κ1) is 22.8. The number of halogens is 2. The van der Waals surface area contributed by atoms with Crippen LogP contribution in [-0.2, 0) is 7.05 Å². The Bertz CT molecular complexity index is 1220. The van der Waals surface area contributed by atoms with E-state index in [2.05, 4.69) is 64.0 Å². The zero-order chi connectivity index (χ0) is 24.0. The van der Waals surface area contributed by atoms with Crippen LogP contribution in [0.25, 0.3) is 5.69 Å². The van der Waals surface area contributed by atoms with Crippen molar-refractivity contribution in [3.8, 4) is 5.69 Å². The van der Waals surface area contributed by atoms with Crippen molar-refractivity contribution in [3.05, 3.63) is 46.5 Å². The molecule has 3 aromatic rings. The fourth-order valence-electron chi connectivity index (χ4n) is 4.48. The molecule has 0 radical (unpaired) electrons. The molecule has 10 nitrogen and oxygen atoms in total. The summed E-state index contributed by atoms with van der Waals surface area (Å²) in [5, 5.41) is 16.9. The molecule has 1 aliphatic heterocycles. The maximum atomic E-state index is 14.5. The lowest BCUT2D eigenvalue weighted by molar-refractivity contribution is 0.170. The minimum atomic E-state index is -0.602. The molecule has 2 aromatic heterocycles. The van der Waals surface area contributed by atoms with Gasteiger partial charge >= 0.3 is 5.69 Å². The lowest BCUT2D eigenvalue weighted by Crippen LogP contribution is -2.60. The van der Waals surface area contributed by atoms with Crippen molar-refractivity contribution in [1.29, 1.82) is 0 Å². The van der Waals surface area contributed by atoms with Crippen molar-refractivity contribution in [1.82, 2.24) is 35.1 Å². The van der Waals surface area contributed by atoms with Crippen LogP contribution < -0.4 is 21.6 Å². The Morgan fingerprint density at radius 1 is 1.09 bits per heavy atom. The van der Waals surface area contributed by atoms with Crippen LogP contribution in [0.3, 0.4) is 0 Å². The zero-order valence-corrected chi connectivity index (χ0v) is 19.1. The van der Waals surface area contributed by atoms with E-state index in [1.807, 2.05) is 0 Å². The Morgan fingerprint density at radius 3 is 2.42 bits per heavy atom. The molecule has 12 heteroatoms. The molecule has 4 rings (SSSR count). The number of aryl methyl sites for hydroxylation is 1. The standard InChI is InChI=1S/C21H27F2N9O/c1-20(2)9-12(10-21(3,4)28-20)25-17-15(23)11-24-18(27-17)26-16-8-13(6-7-14(16)22)32-19(33)31(5)29-30-32/h6-8,11-12,28H,9-10H2,1-5H3,(H2,24,25,26,27). The SMILES string of the molecule is Cn1nnn(-c2ccc(F)c(Nc3ncc(F)c(NC4CC(C)(C)NC(C)(C)C4)n3)c2)c1=O. The van der Waals surface area contributed by atoms with E-state index in [1.165, 1.54) is 25.2 Å². The predicted octanol–water partition coefficient (Wildman–Crippen LogP) is 2.50. The number of tetrazole rings is 1. The molecule has 1 aromatic carbocycles. The van der Waals surface area contributed by atoms with Crippen LogP contribution in [0.2, 0.25) is 0 Å². The number of hydrogen-bond donors (Lipinski definition) is 3. The average Bonchev–Trinajstić information content (AvgIpc) is 3.02. The summed E-state index contributed by atoms with van der Waals surface area (Å²) in [6.07, 6.45) is 2.57. The van der Waals surface area contributed by atoms with E-state index in [0.29, 0.717) is 5.69 Å². The number of benzene rings is 1. The topological polar surface area (TPSA) is 115 Å². The Kier molecular flexibility index (Phi) is 5.64. The highest BCUT2D eigenvalue weighted by atomic mass is 19.1. The van der Waals surface area contributed by atoms with E-state index < -0.39 is 17.3 Å². The average molecular weight is 460 g/mol. The highest BCUT2D eigenvalue weighted by Crippen LogP contribution is 2.31. The summed E-state index contributed by atoms with van der Waals surface area (Å²) in [5.74, 6) is -1.16. The quantitative estimate of drug-likeness (QED) is 0.533. The van der Waals surface area contributed by atoms with E-state index in [0.717, 1.165) is 28.4 Å². The van der Waals surface area contributed by atoms with Gasteiger partial charge in [-0.2, -0.15) is 14.3 Å². The normalized spacial score (nSPS) is 17.7. The third kappa shape index (κ3) is 5.00. The molecular formula is C21H27F2N9O. The summed E-state index contributed by atoms with van der Waals surface area (Å²) in [6.45, 7) is 8.41. The monoisotopic (exact) mass is 459 g/mol. The molecule has 1 fully saturated rings. The summed E-state index contributed by atoms with van der Waals surface area (Å²) < 4.78 is 31.0. The number of rotatable bonds is 5. The zero-order valence-electron chi connectivity index (χ0n) is 19.1. The van der Waals surface area contributed by atoms with Gasteiger partial charge in [-0.25, -0.2) is 18.6 Å². The van der Waals surface area contributed by atoms with Gasteiger partial charge in [-0.3, -0.25) is 0 Å². The minimum Gasteiger partial charge on any atom is -0.365 e. The van der Waals surface area contributed by atoms with E-state index in [1.54, 1.807) is 0 Å².